The van der Waals surface area contributed by atoms with Crippen molar-refractivity contribution in [2.24, 2.45) is 0 Å². The topological polar surface area (TPSA) is 38.3 Å². The van der Waals surface area contributed by atoms with Gasteiger partial charge in [0.25, 0.3) is 0 Å². The van der Waals surface area contributed by atoms with E-state index in [0.717, 1.165) is 5.56 Å². The summed E-state index contributed by atoms with van der Waals surface area (Å²) in [5, 5.41) is 2.86. The molecule has 28 heavy (non-hydrogen) atoms. The van der Waals surface area contributed by atoms with E-state index in [4.69, 9.17) is 4.74 Å². The maximum atomic E-state index is 13.7. The molecular formula is C23H21F2NO2. The van der Waals surface area contributed by atoms with Crippen LogP contribution in [-0.2, 0) is 22.6 Å². The van der Waals surface area contributed by atoms with Crippen LogP contribution in [0.25, 0.3) is 0 Å². The largest absolute Gasteiger partial charge is 0.367 e. The van der Waals surface area contributed by atoms with Gasteiger partial charge in [-0.2, -0.15) is 0 Å². The van der Waals surface area contributed by atoms with E-state index in [9.17, 15) is 13.6 Å². The number of rotatable bonds is 8. The van der Waals surface area contributed by atoms with E-state index in [-0.39, 0.29) is 18.3 Å². The summed E-state index contributed by atoms with van der Waals surface area (Å²) in [4.78, 5) is 12.4. The first kappa shape index (κ1) is 19.7. The van der Waals surface area contributed by atoms with Gasteiger partial charge in [-0.3, -0.25) is 4.79 Å². The Balaban J connectivity index is 1.65. The summed E-state index contributed by atoms with van der Waals surface area (Å²) >= 11 is 0. The molecule has 0 bridgehead atoms. The minimum absolute atomic E-state index is 0.121. The Hall–Kier alpha value is -3.05. The number of carbonyl (C=O) groups excluding carboxylic acids is 1. The molecule has 0 spiro atoms. The highest BCUT2D eigenvalue weighted by Crippen LogP contribution is 2.20. The minimum atomic E-state index is -0.495. The molecule has 3 rings (SSSR count). The van der Waals surface area contributed by atoms with Crippen molar-refractivity contribution in [1.82, 2.24) is 5.32 Å². The maximum Gasteiger partial charge on any atom is 0.246 e. The van der Waals surface area contributed by atoms with Gasteiger partial charge >= 0.3 is 0 Å². The van der Waals surface area contributed by atoms with Crippen molar-refractivity contribution in [2.45, 2.75) is 19.1 Å². The van der Waals surface area contributed by atoms with Crippen LogP contribution in [0.15, 0.2) is 78.9 Å². The van der Waals surface area contributed by atoms with Gasteiger partial charge in [0, 0.05) is 0 Å². The molecule has 0 saturated heterocycles. The first-order chi connectivity index (χ1) is 13.6. The first-order valence-electron chi connectivity index (χ1n) is 9.01. The highest BCUT2D eigenvalue weighted by Gasteiger charge is 2.16. The number of amides is 1. The molecule has 0 radical (unpaired) electrons. The Morgan fingerprint density at radius 3 is 2.25 bits per heavy atom. The lowest BCUT2D eigenvalue weighted by Crippen LogP contribution is -2.33. The zero-order valence-corrected chi connectivity index (χ0v) is 15.3. The highest BCUT2D eigenvalue weighted by atomic mass is 19.1. The third kappa shape index (κ3) is 5.99. The lowest BCUT2D eigenvalue weighted by Gasteiger charge is -2.20. The average molecular weight is 381 g/mol. The number of carbonyl (C=O) groups is 1. The van der Waals surface area contributed by atoms with Crippen molar-refractivity contribution < 1.29 is 18.3 Å². The van der Waals surface area contributed by atoms with E-state index in [1.807, 2.05) is 30.3 Å². The normalized spacial score (nSPS) is 11.8. The smallest absolute Gasteiger partial charge is 0.246 e. The van der Waals surface area contributed by atoms with Gasteiger partial charge in [0.15, 0.2) is 0 Å². The molecular weight excluding hydrogens is 360 g/mol. The van der Waals surface area contributed by atoms with Gasteiger partial charge in [0.1, 0.15) is 18.2 Å². The predicted molar refractivity (Wildman–Crippen MR) is 103 cm³/mol. The van der Waals surface area contributed by atoms with E-state index < -0.39 is 11.9 Å². The van der Waals surface area contributed by atoms with Crippen LogP contribution >= 0.6 is 0 Å². The maximum absolute atomic E-state index is 13.7. The van der Waals surface area contributed by atoms with E-state index >= 15 is 0 Å². The molecule has 1 unspecified atom stereocenters. The summed E-state index contributed by atoms with van der Waals surface area (Å²) in [6, 6.07) is 21.2. The second-order valence-corrected chi connectivity index (χ2v) is 6.49. The molecule has 3 aromatic rings. The number of ether oxygens (including phenoxy) is 1. The van der Waals surface area contributed by atoms with Crippen LogP contribution in [-0.4, -0.2) is 12.5 Å². The highest BCUT2D eigenvalue weighted by molar-refractivity contribution is 5.77. The quantitative estimate of drug-likeness (QED) is 0.620. The average Bonchev–Trinajstić information content (AvgIpc) is 2.68. The summed E-state index contributed by atoms with van der Waals surface area (Å²) < 4.78 is 32.6. The van der Waals surface area contributed by atoms with Crippen LogP contribution in [0, 0.1) is 11.6 Å². The molecule has 0 aliphatic carbocycles. The van der Waals surface area contributed by atoms with Gasteiger partial charge in [-0.1, -0.05) is 54.6 Å². The van der Waals surface area contributed by atoms with Crippen LogP contribution in [0.2, 0.25) is 0 Å². The second kappa shape index (κ2) is 9.76. The summed E-state index contributed by atoms with van der Waals surface area (Å²) in [6.07, 6.45) is 0.339. The van der Waals surface area contributed by atoms with Crippen molar-refractivity contribution in [3.8, 4) is 0 Å². The summed E-state index contributed by atoms with van der Waals surface area (Å²) in [6.45, 7) is 0.201. The van der Waals surface area contributed by atoms with E-state index in [0.29, 0.717) is 24.2 Å². The third-order valence-electron chi connectivity index (χ3n) is 4.26. The van der Waals surface area contributed by atoms with E-state index in [1.54, 1.807) is 24.3 Å². The molecule has 1 atom stereocenters. The lowest BCUT2D eigenvalue weighted by atomic mass is 9.98. The van der Waals surface area contributed by atoms with Gasteiger partial charge in [-0.05, 0) is 47.4 Å². The number of nitrogens with one attached hydrogen (secondary N) is 1. The fraction of sp³-hybridized carbons (Fsp3) is 0.174. The van der Waals surface area contributed by atoms with Gasteiger partial charge in [0.2, 0.25) is 5.91 Å². The summed E-state index contributed by atoms with van der Waals surface area (Å²) in [5.74, 6) is -1.06. The fourth-order valence-corrected chi connectivity index (χ4v) is 2.95. The first-order valence-corrected chi connectivity index (χ1v) is 9.01. The molecule has 0 aliphatic rings. The van der Waals surface area contributed by atoms with Crippen LogP contribution in [0.3, 0.4) is 0 Å². The zero-order chi connectivity index (χ0) is 19.8. The molecule has 3 aromatic carbocycles. The van der Waals surface area contributed by atoms with Crippen molar-refractivity contribution in [2.75, 3.05) is 6.61 Å². The minimum Gasteiger partial charge on any atom is -0.367 e. The third-order valence-corrected chi connectivity index (χ3v) is 4.26. The van der Waals surface area contributed by atoms with E-state index in [1.165, 1.54) is 24.3 Å². The number of benzene rings is 3. The monoisotopic (exact) mass is 381 g/mol. The zero-order valence-electron chi connectivity index (χ0n) is 15.3. The SMILES string of the molecule is O=C(COCc1ccccc1)NC(Cc1cccc(F)c1)c1cccc(F)c1. The van der Waals surface area contributed by atoms with Crippen molar-refractivity contribution >= 4 is 5.91 Å². The molecule has 144 valence electrons. The Labute approximate surface area is 163 Å². The fourth-order valence-electron chi connectivity index (χ4n) is 2.95. The van der Waals surface area contributed by atoms with Crippen molar-refractivity contribution in [1.29, 1.82) is 0 Å². The molecule has 5 heteroatoms. The van der Waals surface area contributed by atoms with Crippen LogP contribution in [0.4, 0.5) is 8.78 Å². The molecule has 1 N–H and O–H groups in total. The van der Waals surface area contributed by atoms with Crippen LogP contribution in [0.1, 0.15) is 22.7 Å². The van der Waals surface area contributed by atoms with Gasteiger partial charge < -0.3 is 10.1 Å². The molecule has 0 saturated carbocycles. The molecule has 0 aromatic heterocycles. The second-order valence-electron chi connectivity index (χ2n) is 6.49. The van der Waals surface area contributed by atoms with Gasteiger partial charge in [0.05, 0.1) is 12.6 Å². The van der Waals surface area contributed by atoms with Crippen molar-refractivity contribution in [3.63, 3.8) is 0 Å². The Morgan fingerprint density at radius 2 is 1.54 bits per heavy atom. The number of halogens is 2. The summed E-state index contributed by atoms with van der Waals surface area (Å²) in [5.41, 5.74) is 2.29. The number of hydrogen-bond acceptors (Lipinski definition) is 2. The van der Waals surface area contributed by atoms with Crippen LogP contribution in [0.5, 0.6) is 0 Å². The molecule has 0 aliphatic heterocycles. The number of hydrogen-bond donors (Lipinski definition) is 1. The van der Waals surface area contributed by atoms with Crippen LogP contribution < -0.4 is 5.32 Å². The molecule has 0 heterocycles. The lowest BCUT2D eigenvalue weighted by molar-refractivity contribution is -0.126. The van der Waals surface area contributed by atoms with Gasteiger partial charge in [-0.15, -0.1) is 0 Å². The Bertz CT molecular complexity index is 915. The standard InChI is InChI=1S/C23H21F2NO2/c24-20-10-4-8-18(12-20)13-22(19-9-5-11-21(25)14-19)26-23(27)16-28-15-17-6-2-1-3-7-17/h1-12,14,22H,13,15-16H2,(H,26,27). The van der Waals surface area contributed by atoms with E-state index in [2.05, 4.69) is 5.32 Å². The summed E-state index contributed by atoms with van der Waals surface area (Å²) in [7, 11) is 0. The van der Waals surface area contributed by atoms with Crippen molar-refractivity contribution in [3.05, 3.63) is 107 Å². The predicted octanol–water partition coefficient (Wildman–Crippen LogP) is 4.58. The molecule has 3 nitrogen and oxygen atoms in total. The Morgan fingerprint density at radius 1 is 0.857 bits per heavy atom. The van der Waals surface area contributed by atoms with Gasteiger partial charge in [-0.25, -0.2) is 8.78 Å². The molecule has 0 fully saturated rings. The Kier molecular flexibility index (Phi) is 6.87. The molecule has 1 amide bonds.